The van der Waals surface area contributed by atoms with E-state index in [0.717, 1.165) is 25.5 Å². The van der Waals surface area contributed by atoms with Crippen LogP contribution in [0.15, 0.2) is 0 Å². The van der Waals surface area contributed by atoms with Gasteiger partial charge in [0.15, 0.2) is 0 Å². The molecule has 2 fully saturated rings. The van der Waals surface area contributed by atoms with E-state index in [1.165, 1.54) is 0 Å². The lowest BCUT2D eigenvalue weighted by Gasteiger charge is -2.54. The Morgan fingerprint density at radius 2 is 2.33 bits per heavy atom. The van der Waals surface area contributed by atoms with Gasteiger partial charge in [0.2, 0.25) is 0 Å². The van der Waals surface area contributed by atoms with Crippen molar-refractivity contribution in [2.75, 3.05) is 6.61 Å². The average Bonchev–Trinajstić information content (AvgIpc) is 2.21. The molecule has 0 amide bonds. The standard InChI is InChI=1S/C12H18O3/c13-5-1-4-12(8-14)7-9-6-10(15)2-3-11(9)12/h8-9,11,13H,1-7H2. The average molecular weight is 210 g/mol. The van der Waals surface area contributed by atoms with Gasteiger partial charge < -0.3 is 9.90 Å². The summed E-state index contributed by atoms with van der Waals surface area (Å²) in [6.07, 6.45) is 5.66. The van der Waals surface area contributed by atoms with Crippen LogP contribution in [0.3, 0.4) is 0 Å². The molecule has 0 bridgehead atoms. The Balaban J connectivity index is 1.99. The minimum Gasteiger partial charge on any atom is -0.396 e. The van der Waals surface area contributed by atoms with Crippen LogP contribution in [-0.4, -0.2) is 23.8 Å². The lowest BCUT2D eigenvalue weighted by atomic mass is 9.48. The largest absolute Gasteiger partial charge is 0.396 e. The number of Topliss-reactive ketones (excluding diaryl/α,β-unsaturated/α-hetero) is 1. The van der Waals surface area contributed by atoms with E-state index in [2.05, 4.69) is 0 Å². The van der Waals surface area contributed by atoms with Crippen molar-refractivity contribution < 1.29 is 14.7 Å². The number of aldehydes is 1. The monoisotopic (exact) mass is 210 g/mol. The second-order valence-corrected chi connectivity index (χ2v) is 5.03. The maximum Gasteiger partial charge on any atom is 0.133 e. The number of rotatable bonds is 4. The van der Waals surface area contributed by atoms with E-state index < -0.39 is 0 Å². The van der Waals surface area contributed by atoms with Gasteiger partial charge in [0.05, 0.1) is 0 Å². The zero-order chi connectivity index (χ0) is 10.9. The summed E-state index contributed by atoms with van der Waals surface area (Å²) in [6, 6.07) is 0. The third-order valence-electron chi connectivity index (χ3n) is 4.21. The molecule has 0 saturated heterocycles. The van der Waals surface area contributed by atoms with Gasteiger partial charge in [-0.1, -0.05) is 0 Å². The molecule has 3 atom stereocenters. The number of carbonyl (C=O) groups is 2. The number of ketones is 1. The van der Waals surface area contributed by atoms with E-state index in [0.29, 0.717) is 36.9 Å². The molecule has 3 nitrogen and oxygen atoms in total. The number of fused-ring (bicyclic) bond motifs is 1. The van der Waals surface area contributed by atoms with Gasteiger partial charge in [0, 0.05) is 24.9 Å². The molecule has 0 aromatic carbocycles. The summed E-state index contributed by atoms with van der Waals surface area (Å²) < 4.78 is 0. The summed E-state index contributed by atoms with van der Waals surface area (Å²) >= 11 is 0. The Labute approximate surface area is 89.9 Å². The highest BCUT2D eigenvalue weighted by Crippen LogP contribution is 2.57. The maximum atomic E-state index is 11.2. The van der Waals surface area contributed by atoms with Crippen molar-refractivity contribution in [2.45, 2.75) is 38.5 Å². The van der Waals surface area contributed by atoms with E-state index in [-0.39, 0.29) is 12.0 Å². The van der Waals surface area contributed by atoms with Gasteiger partial charge in [0.25, 0.3) is 0 Å². The van der Waals surface area contributed by atoms with E-state index in [1.54, 1.807) is 0 Å². The second kappa shape index (κ2) is 4.05. The highest BCUT2D eigenvalue weighted by atomic mass is 16.3. The van der Waals surface area contributed by atoms with Crippen LogP contribution in [0.5, 0.6) is 0 Å². The van der Waals surface area contributed by atoms with Crippen LogP contribution < -0.4 is 0 Å². The van der Waals surface area contributed by atoms with Crippen LogP contribution >= 0.6 is 0 Å². The zero-order valence-corrected chi connectivity index (χ0v) is 8.95. The molecule has 0 aromatic rings. The number of aliphatic hydroxyl groups is 1. The van der Waals surface area contributed by atoms with Crippen molar-refractivity contribution in [3.63, 3.8) is 0 Å². The van der Waals surface area contributed by atoms with Crippen LogP contribution in [-0.2, 0) is 9.59 Å². The molecule has 0 heterocycles. The van der Waals surface area contributed by atoms with Gasteiger partial charge in [-0.05, 0) is 37.5 Å². The molecule has 3 unspecified atom stereocenters. The Bertz CT molecular complexity index is 274. The first kappa shape index (κ1) is 10.8. The summed E-state index contributed by atoms with van der Waals surface area (Å²) in [5, 5.41) is 8.81. The molecule has 84 valence electrons. The van der Waals surface area contributed by atoms with E-state index in [4.69, 9.17) is 5.11 Å². The Hall–Kier alpha value is -0.700. The lowest BCUT2D eigenvalue weighted by Crippen LogP contribution is -2.52. The van der Waals surface area contributed by atoms with Crippen molar-refractivity contribution >= 4 is 12.1 Å². The van der Waals surface area contributed by atoms with Crippen LogP contribution in [0.25, 0.3) is 0 Å². The van der Waals surface area contributed by atoms with Crippen molar-refractivity contribution in [3.8, 4) is 0 Å². The molecule has 1 N–H and O–H groups in total. The third-order valence-corrected chi connectivity index (χ3v) is 4.21. The minimum atomic E-state index is -0.200. The quantitative estimate of drug-likeness (QED) is 0.712. The molecule has 3 heteroatoms. The number of hydrogen-bond acceptors (Lipinski definition) is 3. The van der Waals surface area contributed by atoms with Gasteiger partial charge in [-0.2, -0.15) is 0 Å². The number of aliphatic hydroxyl groups excluding tert-OH is 1. The molecule has 2 saturated carbocycles. The first-order valence-corrected chi connectivity index (χ1v) is 5.81. The summed E-state index contributed by atoms with van der Waals surface area (Å²) in [6.45, 7) is 0.159. The van der Waals surface area contributed by atoms with Crippen molar-refractivity contribution in [2.24, 2.45) is 17.3 Å². The first-order chi connectivity index (χ1) is 7.22. The fourth-order valence-electron chi connectivity index (χ4n) is 3.43. The van der Waals surface area contributed by atoms with E-state index in [1.807, 2.05) is 0 Å². The van der Waals surface area contributed by atoms with E-state index >= 15 is 0 Å². The van der Waals surface area contributed by atoms with Crippen molar-refractivity contribution in [1.29, 1.82) is 0 Å². The van der Waals surface area contributed by atoms with Gasteiger partial charge >= 0.3 is 0 Å². The van der Waals surface area contributed by atoms with Crippen LogP contribution in [0.1, 0.15) is 38.5 Å². The molecule has 2 aliphatic carbocycles. The lowest BCUT2D eigenvalue weighted by molar-refractivity contribution is -0.146. The van der Waals surface area contributed by atoms with Crippen LogP contribution in [0.4, 0.5) is 0 Å². The molecule has 0 radical (unpaired) electrons. The SMILES string of the molecule is O=CC1(CCCO)CC2CC(=O)CCC21. The smallest absolute Gasteiger partial charge is 0.133 e. The first-order valence-electron chi connectivity index (χ1n) is 5.81. The normalized spacial score (nSPS) is 39.4. The predicted octanol–water partition coefficient (Wildman–Crippen LogP) is 1.33. The Morgan fingerprint density at radius 1 is 1.53 bits per heavy atom. The molecular weight excluding hydrogens is 192 g/mol. The second-order valence-electron chi connectivity index (χ2n) is 5.03. The Kier molecular flexibility index (Phi) is 2.91. The molecule has 0 aromatic heterocycles. The highest BCUT2D eigenvalue weighted by molar-refractivity contribution is 5.80. The molecule has 15 heavy (non-hydrogen) atoms. The molecule has 2 rings (SSSR count). The molecule has 2 aliphatic rings. The maximum absolute atomic E-state index is 11.2. The fraction of sp³-hybridized carbons (Fsp3) is 0.833. The summed E-state index contributed by atoms with van der Waals surface area (Å²) in [7, 11) is 0. The molecule has 0 aliphatic heterocycles. The molecular formula is C12H18O3. The molecule has 0 spiro atoms. The Morgan fingerprint density at radius 3 is 2.93 bits per heavy atom. The van der Waals surface area contributed by atoms with Crippen LogP contribution in [0, 0.1) is 17.3 Å². The third kappa shape index (κ3) is 1.73. The van der Waals surface area contributed by atoms with Gasteiger partial charge in [-0.15, -0.1) is 0 Å². The van der Waals surface area contributed by atoms with Crippen molar-refractivity contribution in [3.05, 3.63) is 0 Å². The van der Waals surface area contributed by atoms with E-state index in [9.17, 15) is 9.59 Å². The highest BCUT2D eigenvalue weighted by Gasteiger charge is 2.54. The predicted molar refractivity (Wildman–Crippen MR) is 55.3 cm³/mol. The van der Waals surface area contributed by atoms with Gasteiger partial charge in [0.1, 0.15) is 12.1 Å². The van der Waals surface area contributed by atoms with Gasteiger partial charge in [-0.3, -0.25) is 4.79 Å². The summed E-state index contributed by atoms with van der Waals surface area (Å²) in [4.78, 5) is 22.4. The van der Waals surface area contributed by atoms with Crippen molar-refractivity contribution in [1.82, 2.24) is 0 Å². The zero-order valence-electron chi connectivity index (χ0n) is 8.95. The topological polar surface area (TPSA) is 54.4 Å². The number of hydrogen-bond donors (Lipinski definition) is 1. The summed E-state index contributed by atoms with van der Waals surface area (Å²) in [5.41, 5.74) is -0.200. The summed E-state index contributed by atoms with van der Waals surface area (Å²) in [5.74, 6) is 1.23. The van der Waals surface area contributed by atoms with Gasteiger partial charge in [-0.25, -0.2) is 0 Å². The number of carbonyl (C=O) groups excluding carboxylic acids is 2. The minimum absolute atomic E-state index is 0.159. The fourth-order valence-corrected chi connectivity index (χ4v) is 3.43. The van der Waals surface area contributed by atoms with Crippen LogP contribution in [0.2, 0.25) is 0 Å².